The Kier molecular flexibility index (Phi) is 3.92. The summed E-state index contributed by atoms with van der Waals surface area (Å²) in [6, 6.07) is 9.83. The van der Waals surface area contributed by atoms with E-state index in [9.17, 15) is 9.90 Å². The van der Waals surface area contributed by atoms with E-state index in [1.807, 2.05) is 32.0 Å². The number of rotatable bonds is 3. The van der Waals surface area contributed by atoms with Crippen LogP contribution in [0.3, 0.4) is 0 Å². The van der Waals surface area contributed by atoms with E-state index in [4.69, 9.17) is 5.73 Å². The van der Waals surface area contributed by atoms with Crippen molar-refractivity contribution in [3.05, 3.63) is 35.9 Å². The zero-order valence-electron chi connectivity index (χ0n) is 11.5. The number of carboxylic acid groups (broad SMARTS) is 1. The maximum atomic E-state index is 11.3. The molecule has 0 saturated carbocycles. The number of benzene rings is 1. The molecule has 3 N–H and O–H groups in total. The topological polar surface area (TPSA) is 66.6 Å². The zero-order chi connectivity index (χ0) is 14.0. The number of hydrogen-bond donors (Lipinski definition) is 2. The van der Waals surface area contributed by atoms with E-state index < -0.39 is 11.9 Å². The van der Waals surface area contributed by atoms with Crippen LogP contribution in [0.5, 0.6) is 0 Å². The fourth-order valence-corrected chi connectivity index (χ4v) is 2.88. The van der Waals surface area contributed by atoms with Crippen molar-refractivity contribution in [2.24, 2.45) is 17.1 Å². The lowest BCUT2D eigenvalue weighted by molar-refractivity contribution is -0.147. The lowest BCUT2D eigenvalue weighted by Crippen LogP contribution is -2.59. The molecule has 1 aliphatic heterocycles. The number of likely N-dealkylation sites (tertiary alicyclic amines) is 1. The molecule has 19 heavy (non-hydrogen) atoms. The van der Waals surface area contributed by atoms with Gasteiger partial charge in [0.2, 0.25) is 0 Å². The van der Waals surface area contributed by atoms with Crippen LogP contribution in [0.15, 0.2) is 30.3 Å². The number of piperidine rings is 1. The molecule has 1 aromatic rings. The van der Waals surface area contributed by atoms with Crippen molar-refractivity contribution in [3.63, 3.8) is 0 Å². The van der Waals surface area contributed by atoms with Gasteiger partial charge in [0.05, 0.1) is 5.92 Å². The van der Waals surface area contributed by atoms with E-state index in [0.717, 1.165) is 13.1 Å². The summed E-state index contributed by atoms with van der Waals surface area (Å²) in [6.45, 7) is 6.22. The van der Waals surface area contributed by atoms with Gasteiger partial charge in [0, 0.05) is 25.7 Å². The Morgan fingerprint density at radius 3 is 2.63 bits per heavy atom. The molecule has 0 radical (unpaired) electrons. The molecule has 2 atom stereocenters. The van der Waals surface area contributed by atoms with Crippen molar-refractivity contribution < 1.29 is 9.90 Å². The summed E-state index contributed by atoms with van der Waals surface area (Å²) in [5.41, 5.74) is 7.13. The van der Waals surface area contributed by atoms with Crippen molar-refractivity contribution in [1.29, 1.82) is 0 Å². The second kappa shape index (κ2) is 5.31. The van der Waals surface area contributed by atoms with Gasteiger partial charge in [0.1, 0.15) is 0 Å². The van der Waals surface area contributed by atoms with E-state index in [-0.39, 0.29) is 11.5 Å². The van der Waals surface area contributed by atoms with Gasteiger partial charge in [-0.1, -0.05) is 44.2 Å². The standard InChI is InChI=1S/C15H22N2O2/c1-15(2)10-17(8-11-6-4-3-5-7-11)9-12(13(15)16)14(18)19/h3-7,12-13H,8-10,16H2,1-2H3,(H,18,19). The Balaban J connectivity index is 2.12. The Morgan fingerprint density at radius 2 is 2.05 bits per heavy atom. The average Bonchev–Trinajstić information content (AvgIpc) is 2.34. The van der Waals surface area contributed by atoms with Gasteiger partial charge >= 0.3 is 5.97 Å². The molecule has 0 spiro atoms. The van der Waals surface area contributed by atoms with Crippen molar-refractivity contribution in [2.45, 2.75) is 26.4 Å². The van der Waals surface area contributed by atoms with Crippen LogP contribution in [0.25, 0.3) is 0 Å². The van der Waals surface area contributed by atoms with Crippen LogP contribution in [-0.2, 0) is 11.3 Å². The first-order valence-corrected chi connectivity index (χ1v) is 6.65. The molecule has 1 aromatic carbocycles. The third-order valence-corrected chi connectivity index (χ3v) is 3.99. The Labute approximate surface area is 114 Å². The molecule has 2 unspecified atom stereocenters. The van der Waals surface area contributed by atoms with Gasteiger partial charge in [0.15, 0.2) is 0 Å². The summed E-state index contributed by atoms with van der Waals surface area (Å²) in [7, 11) is 0. The second-order valence-corrected chi connectivity index (χ2v) is 6.11. The second-order valence-electron chi connectivity index (χ2n) is 6.11. The van der Waals surface area contributed by atoms with E-state index in [2.05, 4.69) is 17.0 Å². The smallest absolute Gasteiger partial charge is 0.309 e. The molecule has 1 saturated heterocycles. The number of nitrogens with zero attached hydrogens (tertiary/aromatic N) is 1. The minimum atomic E-state index is -0.793. The number of hydrogen-bond acceptors (Lipinski definition) is 3. The minimum absolute atomic E-state index is 0.184. The maximum absolute atomic E-state index is 11.3. The molecule has 4 nitrogen and oxygen atoms in total. The predicted octanol–water partition coefficient (Wildman–Crippen LogP) is 1.56. The molecule has 2 rings (SSSR count). The lowest BCUT2D eigenvalue weighted by atomic mass is 9.74. The molecule has 1 aliphatic rings. The molecule has 104 valence electrons. The number of carbonyl (C=O) groups is 1. The Morgan fingerprint density at radius 1 is 1.42 bits per heavy atom. The van der Waals surface area contributed by atoms with E-state index >= 15 is 0 Å². The van der Waals surface area contributed by atoms with Crippen LogP contribution >= 0.6 is 0 Å². The first-order valence-electron chi connectivity index (χ1n) is 6.65. The SMILES string of the molecule is CC1(C)CN(Cc2ccccc2)CC(C(=O)O)C1N. The highest BCUT2D eigenvalue weighted by Crippen LogP contribution is 2.32. The molecule has 0 aliphatic carbocycles. The Bertz CT molecular complexity index is 445. The van der Waals surface area contributed by atoms with Crippen molar-refractivity contribution in [3.8, 4) is 0 Å². The third kappa shape index (κ3) is 3.14. The summed E-state index contributed by atoms with van der Waals surface area (Å²) in [5, 5.41) is 9.32. The fraction of sp³-hybridized carbons (Fsp3) is 0.533. The highest BCUT2D eigenvalue weighted by atomic mass is 16.4. The predicted molar refractivity (Wildman–Crippen MR) is 74.6 cm³/mol. The summed E-state index contributed by atoms with van der Waals surface area (Å²) in [6.07, 6.45) is 0. The molecule has 1 heterocycles. The van der Waals surface area contributed by atoms with Crippen LogP contribution in [0.4, 0.5) is 0 Å². The van der Waals surface area contributed by atoms with E-state index in [0.29, 0.717) is 6.54 Å². The van der Waals surface area contributed by atoms with Crippen LogP contribution in [0, 0.1) is 11.3 Å². The van der Waals surface area contributed by atoms with Gasteiger partial charge < -0.3 is 10.8 Å². The van der Waals surface area contributed by atoms with Crippen LogP contribution in [0.2, 0.25) is 0 Å². The van der Waals surface area contributed by atoms with E-state index in [1.165, 1.54) is 5.56 Å². The number of carboxylic acids is 1. The monoisotopic (exact) mass is 262 g/mol. The largest absolute Gasteiger partial charge is 0.481 e. The molecule has 0 aromatic heterocycles. The summed E-state index contributed by atoms with van der Waals surface area (Å²) in [5.74, 6) is -1.29. The maximum Gasteiger partial charge on any atom is 0.309 e. The van der Waals surface area contributed by atoms with Crippen molar-refractivity contribution in [2.75, 3.05) is 13.1 Å². The fourth-order valence-electron chi connectivity index (χ4n) is 2.88. The highest BCUT2D eigenvalue weighted by Gasteiger charge is 2.43. The molecule has 0 bridgehead atoms. The van der Waals surface area contributed by atoms with Gasteiger partial charge in [-0.25, -0.2) is 0 Å². The first-order chi connectivity index (χ1) is 8.90. The summed E-state index contributed by atoms with van der Waals surface area (Å²) in [4.78, 5) is 13.5. The van der Waals surface area contributed by atoms with Crippen LogP contribution in [-0.4, -0.2) is 35.1 Å². The molecular formula is C15H22N2O2. The van der Waals surface area contributed by atoms with Gasteiger partial charge in [-0.15, -0.1) is 0 Å². The molecular weight excluding hydrogens is 240 g/mol. The van der Waals surface area contributed by atoms with Gasteiger partial charge in [-0.05, 0) is 11.0 Å². The molecule has 1 fully saturated rings. The van der Waals surface area contributed by atoms with Crippen LogP contribution < -0.4 is 5.73 Å². The highest BCUT2D eigenvalue weighted by molar-refractivity contribution is 5.71. The van der Waals surface area contributed by atoms with Crippen molar-refractivity contribution in [1.82, 2.24) is 4.90 Å². The number of aliphatic carboxylic acids is 1. The third-order valence-electron chi connectivity index (χ3n) is 3.99. The normalized spacial score (nSPS) is 27.1. The molecule has 4 heteroatoms. The summed E-state index contributed by atoms with van der Waals surface area (Å²) < 4.78 is 0. The minimum Gasteiger partial charge on any atom is -0.481 e. The Hall–Kier alpha value is -1.39. The van der Waals surface area contributed by atoms with Crippen LogP contribution in [0.1, 0.15) is 19.4 Å². The van der Waals surface area contributed by atoms with Gasteiger partial charge in [0.25, 0.3) is 0 Å². The zero-order valence-corrected chi connectivity index (χ0v) is 11.5. The van der Waals surface area contributed by atoms with Gasteiger partial charge in [-0.3, -0.25) is 9.69 Å². The van der Waals surface area contributed by atoms with Crippen molar-refractivity contribution >= 4 is 5.97 Å². The first kappa shape index (κ1) is 14.0. The molecule has 0 amide bonds. The van der Waals surface area contributed by atoms with Gasteiger partial charge in [-0.2, -0.15) is 0 Å². The quantitative estimate of drug-likeness (QED) is 0.867. The van der Waals surface area contributed by atoms with E-state index in [1.54, 1.807) is 0 Å². The number of nitrogens with two attached hydrogens (primary N) is 1. The summed E-state index contributed by atoms with van der Waals surface area (Å²) >= 11 is 0. The average molecular weight is 262 g/mol. The lowest BCUT2D eigenvalue weighted by Gasteiger charge is -2.45.